The molecule has 5 heteroatoms. The SMILES string of the molecule is CC/C=C(\O[Si](C)(C)C)C(CCC1(C)OCCO1)[Si](C)(c1ccccc1)c1ccccc1. The topological polar surface area (TPSA) is 27.7 Å². The van der Waals surface area contributed by atoms with Crippen LogP contribution in [0.3, 0.4) is 0 Å². The third-order valence-corrected chi connectivity index (χ3v) is 12.3. The van der Waals surface area contributed by atoms with Crippen LogP contribution in [-0.4, -0.2) is 35.4 Å². The largest absolute Gasteiger partial charge is 0.548 e. The molecule has 174 valence electrons. The van der Waals surface area contributed by atoms with Crippen LogP contribution in [0.5, 0.6) is 0 Å². The Kier molecular flexibility index (Phi) is 8.20. The Morgan fingerprint density at radius 3 is 1.88 bits per heavy atom. The van der Waals surface area contributed by atoms with Gasteiger partial charge in [-0.05, 0) is 45.5 Å². The molecule has 3 rings (SSSR count). The lowest BCUT2D eigenvalue weighted by Gasteiger charge is -2.41. The summed E-state index contributed by atoms with van der Waals surface area (Å²) in [5.41, 5.74) is 0.295. The maximum Gasteiger partial charge on any atom is 0.241 e. The van der Waals surface area contributed by atoms with Gasteiger partial charge in [0, 0.05) is 12.0 Å². The zero-order chi connectivity index (χ0) is 23.2. The van der Waals surface area contributed by atoms with Gasteiger partial charge in [0.25, 0.3) is 0 Å². The van der Waals surface area contributed by atoms with Crippen molar-refractivity contribution in [2.75, 3.05) is 13.2 Å². The first-order valence-corrected chi connectivity index (χ1v) is 17.9. The molecule has 1 saturated heterocycles. The normalized spacial score (nSPS) is 17.9. The van der Waals surface area contributed by atoms with Gasteiger partial charge >= 0.3 is 0 Å². The zero-order valence-corrected chi connectivity index (χ0v) is 22.7. The van der Waals surface area contributed by atoms with Crippen LogP contribution in [0.1, 0.15) is 33.1 Å². The molecule has 1 fully saturated rings. The predicted octanol–water partition coefficient (Wildman–Crippen LogP) is 5.94. The molecule has 0 spiro atoms. The molecule has 0 radical (unpaired) electrons. The summed E-state index contributed by atoms with van der Waals surface area (Å²) in [4.78, 5) is 0. The molecule has 0 N–H and O–H groups in total. The van der Waals surface area contributed by atoms with Gasteiger partial charge in [0.1, 0.15) is 8.07 Å². The molecule has 1 aliphatic heterocycles. The fourth-order valence-electron chi connectivity index (χ4n) is 4.77. The molecule has 0 bridgehead atoms. The monoisotopic (exact) mass is 468 g/mol. The Bertz CT molecular complexity index is 829. The van der Waals surface area contributed by atoms with Crippen LogP contribution < -0.4 is 10.4 Å². The molecule has 0 amide bonds. The van der Waals surface area contributed by atoms with E-state index in [1.165, 1.54) is 16.1 Å². The summed E-state index contributed by atoms with van der Waals surface area (Å²) in [7, 11) is -4.01. The second-order valence-electron chi connectivity index (χ2n) is 10.1. The van der Waals surface area contributed by atoms with Crippen molar-refractivity contribution in [3.63, 3.8) is 0 Å². The van der Waals surface area contributed by atoms with Crippen molar-refractivity contribution in [1.82, 2.24) is 0 Å². The fourth-order valence-corrected chi connectivity index (χ4v) is 10.2. The van der Waals surface area contributed by atoms with Crippen LogP contribution in [-0.2, 0) is 13.9 Å². The van der Waals surface area contributed by atoms with E-state index < -0.39 is 22.2 Å². The third kappa shape index (κ3) is 6.01. The van der Waals surface area contributed by atoms with Gasteiger partial charge in [-0.15, -0.1) is 0 Å². The maximum absolute atomic E-state index is 6.83. The summed E-state index contributed by atoms with van der Waals surface area (Å²) in [5.74, 6) is 0.673. The van der Waals surface area contributed by atoms with Gasteiger partial charge in [-0.1, -0.05) is 84.5 Å². The van der Waals surface area contributed by atoms with Crippen molar-refractivity contribution < 1.29 is 13.9 Å². The average molecular weight is 469 g/mol. The first-order valence-electron chi connectivity index (χ1n) is 12.0. The van der Waals surface area contributed by atoms with Crippen LogP contribution >= 0.6 is 0 Å². The van der Waals surface area contributed by atoms with Gasteiger partial charge in [0.2, 0.25) is 8.32 Å². The number of allylic oxidation sites excluding steroid dienone is 2. The quantitative estimate of drug-likeness (QED) is 0.319. The lowest BCUT2D eigenvalue weighted by Crippen LogP contribution is -2.60. The number of benzene rings is 2. The molecule has 2 aromatic carbocycles. The van der Waals surface area contributed by atoms with Gasteiger partial charge < -0.3 is 13.9 Å². The van der Waals surface area contributed by atoms with Crippen LogP contribution in [0.25, 0.3) is 0 Å². The van der Waals surface area contributed by atoms with E-state index in [0.29, 0.717) is 18.8 Å². The van der Waals surface area contributed by atoms with Crippen LogP contribution in [0.4, 0.5) is 0 Å². The number of hydrogen-bond acceptors (Lipinski definition) is 3. The maximum atomic E-state index is 6.83. The molecule has 1 unspecified atom stereocenters. The Balaban J connectivity index is 2.13. The van der Waals surface area contributed by atoms with E-state index in [1.807, 2.05) is 0 Å². The molecule has 3 nitrogen and oxygen atoms in total. The minimum Gasteiger partial charge on any atom is -0.548 e. The van der Waals surface area contributed by atoms with Gasteiger partial charge in [-0.3, -0.25) is 0 Å². The van der Waals surface area contributed by atoms with E-state index in [-0.39, 0.29) is 0 Å². The Hall–Kier alpha value is -1.67. The number of rotatable bonds is 10. The van der Waals surface area contributed by atoms with Crippen molar-refractivity contribution in [3.8, 4) is 0 Å². The van der Waals surface area contributed by atoms with Crippen LogP contribution in [0.2, 0.25) is 31.7 Å². The molecule has 32 heavy (non-hydrogen) atoms. The zero-order valence-electron chi connectivity index (χ0n) is 20.7. The number of hydrogen-bond donors (Lipinski definition) is 0. The molecule has 0 saturated carbocycles. The Morgan fingerprint density at radius 2 is 1.44 bits per heavy atom. The molecular weight excluding hydrogens is 428 g/mol. The van der Waals surface area contributed by atoms with Crippen molar-refractivity contribution in [2.24, 2.45) is 0 Å². The first-order chi connectivity index (χ1) is 15.2. The number of ether oxygens (including phenoxy) is 2. The summed E-state index contributed by atoms with van der Waals surface area (Å²) in [5, 5.41) is 2.88. The van der Waals surface area contributed by atoms with Crippen molar-refractivity contribution in [2.45, 2.75) is 70.6 Å². The van der Waals surface area contributed by atoms with Gasteiger partial charge in [-0.25, -0.2) is 0 Å². The summed E-state index contributed by atoms with van der Waals surface area (Å²) < 4.78 is 18.8. The predicted molar refractivity (Wildman–Crippen MR) is 140 cm³/mol. The second-order valence-corrected chi connectivity index (χ2v) is 18.8. The lowest BCUT2D eigenvalue weighted by molar-refractivity contribution is -0.147. The summed E-state index contributed by atoms with van der Waals surface area (Å²) in [6.45, 7) is 15.0. The minimum absolute atomic E-state index is 0.295. The highest BCUT2D eigenvalue weighted by Crippen LogP contribution is 2.39. The van der Waals surface area contributed by atoms with Crippen LogP contribution in [0.15, 0.2) is 72.5 Å². The standard InChI is InChI=1S/C27H40O3Si2/c1-7-14-25(30-31(3,4)5)26(19-20-27(2)28-21-22-29-27)32(6,23-15-10-8-11-16-23)24-17-12-9-13-18-24/h8-18,26H,7,19-22H2,1-6H3/b25-14-. The molecule has 0 aliphatic carbocycles. The highest BCUT2D eigenvalue weighted by atomic mass is 28.4. The second kappa shape index (κ2) is 10.5. The van der Waals surface area contributed by atoms with E-state index in [4.69, 9.17) is 13.9 Å². The first kappa shape index (κ1) is 25.0. The molecule has 1 aliphatic rings. The molecule has 1 heterocycles. The van der Waals surface area contributed by atoms with Crippen LogP contribution in [0, 0.1) is 0 Å². The van der Waals surface area contributed by atoms with E-state index >= 15 is 0 Å². The van der Waals surface area contributed by atoms with Gasteiger partial charge in [0.05, 0.1) is 19.0 Å². The Labute approximate surface area is 196 Å². The summed E-state index contributed by atoms with van der Waals surface area (Å²) in [6, 6.07) is 22.2. The van der Waals surface area contributed by atoms with Crippen molar-refractivity contribution >= 4 is 26.8 Å². The van der Waals surface area contributed by atoms with Crippen molar-refractivity contribution in [3.05, 3.63) is 72.5 Å². The molecular formula is C27H40O3Si2. The third-order valence-electron chi connectivity index (χ3n) is 6.40. The summed E-state index contributed by atoms with van der Waals surface area (Å²) in [6.07, 6.45) is 5.13. The van der Waals surface area contributed by atoms with E-state index in [0.717, 1.165) is 19.3 Å². The van der Waals surface area contributed by atoms with E-state index in [1.54, 1.807) is 0 Å². The van der Waals surface area contributed by atoms with Gasteiger partial charge in [-0.2, -0.15) is 0 Å². The fraction of sp³-hybridized carbons (Fsp3) is 0.481. The minimum atomic E-state index is -2.22. The lowest BCUT2D eigenvalue weighted by atomic mass is 10.1. The highest BCUT2D eigenvalue weighted by Gasteiger charge is 2.45. The highest BCUT2D eigenvalue weighted by molar-refractivity contribution is 7.02. The van der Waals surface area contributed by atoms with E-state index in [9.17, 15) is 0 Å². The smallest absolute Gasteiger partial charge is 0.241 e. The molecule has 2 aromatic rings. The molecule has 1 atom stereocenters. The average Bonchev–Trinajstić information content (AvgIpc) is 3.20. The summed E-state index contributed by atoms with van der Waals surface area (Å²) >= 11 is 0. The Morgan fingerprint density at radius 1 is 0.938 bits per heavy atom. The van der Waals surface area contributed by atoms with Gasteiger partial charge in [0.15, 0.2) is 5.79 Å². The van der Waals surface area contributed by atoms with Crippen molar-refractivity contribution in [1.29, 1.82) is 0 Å². The molecule has 0 aromatic heterocycles. The van der Waals surface area contributed by atoms with E-state index in [2.05, 4.69) is 107 Å².